The molecule has 1 fully saturated rings. The van der Waals surface area contributed by atoms with Crippen molar-refractivity contribution in [1.29, 1.82) is 0 Å². The van der Waals surface area contributed by atoms with Gasteiger partial charge in [0.1, 0.15) is 0 Å². The number of hydrogen-bond acceptors (Lipinski definition) is 5. The molecule has 9 heteroatoms. The highest BCUT2D eigenvalue weighted by Gasteiger charge is 2.52. The van der Waals surface area contributed by atoms with Gasteiger partial charge in [0, 0.05) is 4.78 Å². The molecule has 33 heavy (non-hydrogen) atoms. The maximum absolute atomic E-state index is 13.3. The first-order chi connectivity index (χ1) is 15.2. The van der Waals surface area contributed by atoms with Crippen molar-refractivity contribution in [3.8, 4) is 0 Å². The third-order valence-corrected chi connectivity index (χ3v) is 7.43. The number of carbonyl (C=O) groups is 2. The zero-order valence-electron chi connectivity index (χ0n) is 20.3. The van der Waals surface area contributed by atoms with Gasteiger partial charge < -0.3 is 25.0 Å². The highest BCUT2D eigenvalue weighted by atomic mass is 32.1. The predicted molar refractivity (Wildman–Crippen MR) is 131 cm³/mol. The van der Waals surface area contributed by atoms with Gasteiger partial charge in [0.25, 0.3) is 5.91 Å². The Hall–Kier alpha value is -2.36. The quantitative estimate of drug-likeness (QED) is 0.548. The molecule has 3 rings (SSSR count). The first-order valence-electron chi connectivity index (χ1n) is 11.0. The number of nitrogens with one attached hydrogen (secondary N) is 2. The molecule has 0 radical (unpaired) electrons. The molecule has 0 saturated carbocycles. The lowest BCUT2D eigenvalue weighted by Crippen LogP contribution is -2.52. The Morgan fingerprint density at radius 3 is 2.06 bits per heavy atom. The van der Waals surface area contributed by atoms with Gasteiger partial charge in [0.15, 0.2) is 0 Å². The van der Waals surface area contributed by atoms with Crippen LogP contribution in [0.15, 0.2) is 42.5 Å². The van der Waals surface area contributed by atoms with Crippen molar-refractivity contribution >= 4 is 35.2 Å². The summed E-state index contributed by atoms with van der Waals surface area (Å²) in [6.45, 7) is 13.8. The Morgan fingerprint density at radius 1 is 0.970 bits per heavy atom. The first kappa shape index (κ1) is 25.3. The van der Waals surface area contributed by atoms with Crippen molar-refractivity contribution in [2.75, 3.05) is 0 Å². The Labute approximate surface area is 200 Å². The molecular formula is C24H33BN2O5S. The topological polar surface area (TPSA) is 96.9 Å². The second kappa shape index (κ2) is 9.12. The Morgan fingerprint density at radius 2 is 1.55 bits per heavy atom. The summed E-state index contributed by atoms with van der Waals surface area (Å²) in [5.74, 6) is -0.280. The SMILES string of the molecule is CC(C)(C)C(NC(=O)O)C(NC(=O)c1ccc(B2OC(C)(C)C(C)(C)O2)s1)c1ccccc1. The minimum Gasteiger partial charge on any atom is -0.465 e. The molecule has 0 bridgehead atoms. The molecule has 0 aliphatic carbocycles. The van der Waals surface area contributed by atoms with Crippen molar-refractivity contribution in [3.63, 3.8) is 0 Å². The molecule has 1 aliphatic rings. The third-order valence-electron chi connectivity index (χ3n) is 6.33. The fourth-order valence-electron chi connectivity index (χ4n) is 3.73. The maximum atomic E-state index is 13.3. The van der Waals surface area contributed by atoms with Gasteiger partial charge >= 0.3 is 13.2 Å². The van der Waals surface area contributed by atoms with Crippen LogP contribution < -0.4 is 15.4 Å². The van der Waals surface area contributed by atoms with Crippen molar-refractivity contribution in [2.24, 2.45) is 5.41 Å². The summed E-state index contributed by atoms with van der Waals surface area (Å²) < 4.78 is 13.0. The van der Waals surface area contributed by atoms with Gasteiger partial charge in [-0.2, -0.15) is 0 Å². The van der Waals surface area contributed by atoms with Gasteiger partial charge in [0.2, 0.25) is 0 Å². The number of rotatable bonds is 6. The van der Waals surface area contributed by atoms with Gasteiger partial charge in [-0.1, -0.05) is 57.2 Å². The molecule has 2 aromatic rings. The van der Waals surface area contributed by atoms with Crippen molar-refractivity contribution in [3.05, 3.63) is 52.9 Å². The number of thiophene rings is 1. The van der Waals surface area contributed by atoms with Crippen LogP contribution in [0.2, 0.25) is 0 Å². The Balaban J connectivity index is 1.86. The van der Waals surface area contributed by atoms with E-state index in [1.807, 2.05) is 84.9 Å². The Bertz CT molecular complexity index is 984. The third kappa shape index (κ3) is 5.59. The van der Waals surface area contributed by atoms with Crippen molar-refractivity contribution < 1.29 is 24.0 Å². The molecule has 1 saturated heterocycles. The van der Waals surface area contributed by atoms with Crippen LogP contribution in [0.1, 0.15) is 69.7 Å². The van der Waals surface area contributed by atoms with Crippen LogP contribution in [0.5, 0.6) is 0 Å². The highest BCUT2D eigenvalue weighted by Crippen LogP contribution is 2.37. The summed E-state index contributed by atoms with van der Waals surface area (Å²) >= 11 is 1.31. The van der Waals surface area contributed by atoms with Crippen LogP contribution in [-0.4, -0.2) is 41.5 Å². The molecule has 7 nitrogen and oxygen atoms in total. The van der Waals surface area contributed by atoms with E-state index in [0.29, 0.717) is 4.88 Å². The van der Waals surface area contributed by atoms with Crippen LogP contribution in [0.25, 0.3) is 0 Å². The van der Waals surface area contributed by atoms with Crippen LogP contribution in [0.3, 0.4) is 0 Å². The van der Waals surface area contributed by atoms with Crippen molar-refractivity contribution in [2.45, 2.75) is 71.8 Å². The molecule has 1 aromatic heterocycles. The molecule has 2 unspecified atom stereocenters. The number of carbonyl (C=O) groups excluding carboxylic acids is 1. The molecule has 3 N–H and O–H groups in total. The van der Waals surface area contributed by atoms with E-state index >= 15 is 0 Å². The van der Waals surface area contributed by atoms with Crippen molar-refractivity contribution in [1.82, 2.24) is 10.6 Å². The van der Waals surface area contributed by atoms with Gasteiger partial charge in [-0.15, -0.1) is 11.3 Å². The summed E-state index contributed by atoms with van der Waals surface area (Å²) in [5.41, 5.74) is -0.562. The normalized spacial score (nSPS) is 19.1. The van der Waals surface area contributed by atoms with Gasteiger partial charge in [-0.05, 0) is 44.7 Å². The lowest BCUT2D eigenvalue weighted by Gasteiger charge is -2.37. The standard InChI is InChI=1S/C24H33BN2O5S/c1-22(2,3)19(27-21(29)30)18(15-11-9-8-10-12-15)26-20(28)16-13-14-17(33-16)25-31-23(4,5)24(6,7)32-25/h8-14,18-19,27H,1-7H3,(H,26,28)(H,29,30). The monoisotopic (exact) mass is 472 g/mol. The predicted octanol–water partition coefficient (Wildman–Crippen LogP) is 4.20. The summed E-state index contributed by atoms with van der Waals surface area (Å²) in [6, 6.07) is 11.9. The number of amides is 2. The van der Waals surface area contributed by atoms with E-state index in [-0.39, 0.29) is 5.91 Å². The van der Waals surface area contributed by atoms with Crippen LogP contribution in [0, 0.1) is 5.41 Å². The zero-order chi connectivity index (χ0) is 24.6. The number of benzene rings is 1. The molecule has 2 heterocycles. The molecule has 0 spiro atoms. The lowest BCUT2D eigenvalue weighted by atomic mass is 9.79. The van der Waals surface area contributed by atoms with Gasteiger partial charge in [0.05, 0.1) is 28.2 Å². The maximum Gasteiger partial charge on any atom is 0.505 e. The molecular weight excluding hydrogens is 439 g/mol. The van der Waals surface area contributed by atoms with Crippen LogP contribution in [-0.2, 0) is 9.31 Å². The van der Waals surface area contributed by atoms with E-state index in [1.54, 1.807) is 6.07 Å². The van der Waals surface area contributed by atoms with Gasteiger partial charge in [-0.25, -0.2) is 4.79 Å². The second-order valence-corrected chi connectivity index (χ2v) is 11.6. The molecule has 1 aliphatic heterocycles. The zero-order valence-corrected chi connectivity index (χ0v) is 21.1. The smallest absolute Gasteiger partial charge is 0.465 e. The van der Waals surface area contributed by atoms with Gasteiger partial charge in [-0.3, -0.25) is 4.79 Å². The second-order valence-electron chi connectivity index (χ2n) is 10.4. The molecule has 178 valence electrons. The van der Waals surface area contributed by atoms with Crippen LogP contribution >= 0.6 is 11.3 Å². The first-order valence-corrected chi connectivity index (χ1v) is 11.8. The van der Waals surface area contributed by atoms with Crippen LogP contribution in [0.4, 0.5) is 4.79 Å². The van der Waals surface area contributed by atoms with E-state index in [9.17, 15) is 14.7 Å². The fourth-order valence-corrected chi connectivity index (χ4v) is 4.60. The van der Waals surface area contributed by atoms with E-state index in [2.05, 4.69) is 10.6 Å². The number of carboxylic acid groups (broad SMARTS) is 1. The number of hydrogen-bond donors (Lipinski definition) is 3. The van der Waals surface area contributed by atoms with E-state index in [0.717, 1.165) is 10.3 Å². The summed E-state index contributed by atoms with van der Waals surface area (Å²) in [7, 11) is -0.539. The summed E-state index contributed by atoms with van der Waals surface area (Å²) in [4.78, 5) is 25.3. The summed E-state index contributed by atoms with van der Waals surface area (Å²) in [6.07, 6.45) is -1.13. The fraction of sp³-hybridized carbons (Fsp3) is 0.500. The lowest BCUT2D eigenvalue weighted by molar-refractivity contribution is 0.00578. The molecule has 1 aromatic carbocycles. The minimum atomic E-state index is -1.13. The molecule has 2 atom stereocenters. The van der Waals surface area contributed by atoms with E-state index in [4.69, 9.17) is 9.31 Å². The average Bonchev–Trinajstić information content (AvgIpc) is 3.27. The Kier molecular flexibility index (Phi) is 6.98. The van der Waals surface area contributed by atoms with E-state index in [1.165, 1.54) is 11.3 Å². The molecule has 2 amide bonds. The highest BCUT2D eigenvalue weighted by molar-refractivity contribution is 7.23. The summed E-state index contributed by atoms with van der Waals surface area (Å²) in [5, 5.41) is 15.1. The minimum absolute atomic E-state index is 0.280. The largest absolute Gasteiger partial charge is 0.505 e. The average molecular weight is 472 g/mol. The van der Waals surface area contributed by atoms with E-state index < -0.39 is 41.9 Å².